The van der Waals surface area contributed by atoms with E-state index in [4.69, 9.17) is 0 Å². The Bertz CT molecular complexity index is 833. The van der Waals surface area contributed by atoms with E-state index in [0.717, 1.165) is 42.9 Å². The van der Waals surface area contributed by atoms with Gasteiger partial charge in [-0.2, -0.15) is 8.42 Å². The van der Waals surface area contributed by atoms with Crippen LogP contribution >= 0.6 is 0 Å². The third-order valence-corrected chi connectivity index (χ3v) is 5.52. The van der Waals surface area contributed by atoms with E-state index in [1.165, 1.54) is 0 Å². The summed E-state index contributed by atoms with van der Waals surface area (Å²) in [6.07, 6.45) is 0. The van der Waals surface area contributed by atoms with Crippen molar-refractivity contribution in [3.05, 3.63) is 28.3 Å². The minimum Gasteiger partial charge on any atom is -0.358 e. The zero-order valence-corrected chi connectivity index (χ0v) is 17.9. The second-order valence-electron chi connectivity index (χ2n) is 7.66. The molecule has 2 rings (SSSR count). The molecule has 144 valence electrons. The summed E-state index contributed by atoms with van der Waals surface area (Å²) in [5.41, 5.74) is 6.51. The van der Waals surface area contributed by atoms with Crippen molar-refractivity contribution >= 4 is 18.6 Å². The molecule has 26 heavy (non-hydrogen) atoms. The average Bonchev–Trinajstić information content (AvgIpc) is 2.50. The monoisotopic (exact) mass is 398 g/mol. The van der Waals surface area contributed by atoms with Crippen LogP contribution in [-0.2, 0) is 17.0 Å². The number of nitrogens with one attached hydrogen (secondary N) is 1. The molecule has 1 aromatic rings. The van der Waals surface area contributed by atoms with Crippen LogP contribution in [0, 0.1) is 25.3 Å². The Hall–Kier alpha value is -1.40. The van der Waals surface area contributed by atoms with E-state index in [9.17, 15) is 12.3 Å². The molecular weight excluding hydrogens is 371 g/mol. The maximum absolute atomic E-state index is 13.2. The molecule has 0 aliphatic carbocycles. The Balaban J connectivity index is 2.51. The summed E-state index contributed by atoms with van der Waals surface area (Å²) in [5, 5.41) is 3.30. The summed E-state index contributed by atoms with van der Waals surface area (Å²) in [6.45, 7) is 14.4. The molecule has 0 bridgehead atoms. The van der Waals surface area contributed by atoms with Gasteiger partial charge < -0.3 is 9.50 Å². The Morgan fingerprint density at radius 2 is 1.85 bits per heavy atom. The van der Waals surface area contributed by atoms with Gasteiger partial charge >= 0.3 is 10.5 Å². The highest BCUT2D eigenvalue weighted by Gasteiger charge is 2.20. The van der Waals surface area contributed by atoms with Crippen molar-refractivity contribution in [2.75, 3.05) is 26.2 Å². The Labute approximate surface area is 157 Å². The van der Waals surface area contributed by atoms with Gasteiger partial charge in [0.1, 0.15) is 13.8 Å². The van der Waals surface area contributed by atoms with Crippen molar-refractivity contribution < 1.29 is 16.5 Å². The number of hydrogen-bond acceptors (Lipinski definition) is 5. The molecule has 1 N–H and O–H groups in total. The van der Waals surface area contributed by atoms with Crippen LogP contribution in [0.5, 0.6) is 5.75 Å². The molecule has 1 aromatic carbocycles. The van der Waals surface area contributed by atoms with Gasteiger partial charge in [0.15, 0.2) is 0 Å². The lowest BCUT2D eigenvalue weighted by atomic mass is 9.96. The van der Waals surface area contributed by atoms with Gasteiger partial charge in [-0.3, -0.25) is 4.90 Å². The summed E-state index contributed by atoms with van der Waals surface area (Å²) in [5.74, 6) is 3.23. The van der Waals surface area contributed by atoms with Gasteiger partial charge in [-0.25, -0.2) is 0 Å². The largest absolute Gasteiger partial charge is 0.488 e. The number of halogens is 1. The number of piperazine rings is 1. The fourth-order valence-corrected chi connectivity index (χ4v) is 3.73. The van der Waals surface area contributed by atoms with Gasteiger partial charge in [-0.1, -0.05) is 29.4 Å². The fourth-order valence-electron chi connectivity index (χ4n) is 2.85. The summed E-state index contributed by atoms with van der Waals surface area (Å²) in [7, 11) is -6.71. The number of nitrogens with zero attached hydrogens (tertiary/aromatic N) is 1. The molecule has 0 atom stereocenters. The van der Waals surface area contributed by atoms with E-state index < -0.39 is 18.6 Å². The second kappa shape index (κ2) is 8.09. The van der Waals surface area contributed by atoms with Crippen LogP contribution in [-0.4, -0.2) is 47.6 Å². The molecule has 0 amide bonds. The SMILES string of the molecule is Cc1c(CN2CCNCC2)cc(OS(=O)(=O)F)c(C)c1C#C[Si](C)(C)C. The highest BCUT2D eigenvalue weighted by molar-refractivity contribution is 7.81. The molecule has 5 nitrogen and oxygen atoms in total. The van der Waals surface area contributed by atoms with E-state index in [-0.39, 0.29) is 5.75 Å². The minimum absolute atomic E-state index is 0.0168. The first-order chi connectivity index (χ1) is 12.0. The van der Waals surface area contributed by atoms with Crippen LogP contribution < -0.4 is 9.50 Å². The van der Waals surface area contributed by atoms with Crippen LogP contribution in [0.4, 0.5) is 3.89 Å². The standard InChI is InChI=1S/C18H27FN2O3SSi/c1-14-16(13-21-9-7-20-8-10-21)12-18(24-25(19,22)23)15(2)17(14)6-11-26(3,4)5/h12,20H,7-10,13H2,1-5H3. The molecule has 1 heterocycles. The molecule has 0 spiro atoms. The van der Waals surface area contributed by atoms with Gasteiger partial charge in [0.2, 0.25) is 0 Å². The number of benzene rings is 1. The predicted octanol–water partition coefficient (Wildman–Crippen LogP) is 2.53. The maximum Gasteiger partial charge on any atom is 0.488 e. The van der Waals surface area contributed by atoms with Crippen LogP contribution in [0.2, 0.25) is 19.6 Å². The summed E-state index contributed by atoms with van der Waals surface area (Å²) < 4.78 is 39.8. The molecule has 8 heteroatoms. The molecular formula is C18H27FN2O3SSi. The van der Waals surface area contributed by atoms with E-state index >= 15 is 0 Å². The second-order valence-corrected chi connectivity index (χ2v) is 13.4. The van der Waals surface area contributed by atoms with Gasteiger partial charge in [-0.05, 0) is 31.0 Å². The molecule has 0 unspecified atom stereocenters. The van der Waals surface area contributed by atoms with Crippen LogP contribution in [0.1, 0.15) is 22.3 Å². The van der Waals surface area contributed by atoms with Gasteiger partial charge in [0, 0.05) is 43.9 Å². The quantitative estimate of drug-likeness (QED) is 0.480. The molecule has 0 aromatic heterocycles. The molecule has 1 aliphatic heterocycles. The maximum atomic E-state index is 13.2. The Morgan fingerprint density at radius 3 is 2.38 bits per heavy atom. The normalized spacial score (nSPS) is 16.1. The van der Waals surface area contributed by atoms with Gasteiger partial charge in [0.25, 0.3) is 0 Å². The molecule has 0 radical (unpaired) electrons. The van der Waals surface area contributed by atoms with Crippen LogP contribution in [0.25, 0.3) is 0 Å². The van der Waals surface area contributed by atoms with Crippen molar-refractivity contribution in [3.8, 4) is 17.2 Å². The van der Waals surface area contributed by atoms with Crippen molar-refractivity contribution in [3.63, 3.8) is 0 Å². The first-order valence-electron chi connectivity index (χ1n) is 8.70. The third-order valence-electron chi connectivity index (χ3n) is 4.26. The number of rotatable bonds is 4. The zero-order chi connectivity index (χ0) is 19.5. The van der Waals surface area contributed by atoms with Crippen LogP contribution in [0.15, 0.2) is 6.07 Å². The van der Waals surface area contributed by atoms with Crippen molar-refractivity contribution in [1.29, 1.82) is 0 Å². The first kappa shape index (κ1) is 20.9. The highest BCUT2D eigenvalue weighted by Crippen LogP contribution is 2.30. The Kier molecular flexibility index (Phi) is 6.50. The summed E-state index contributed by atoms with van der Waals surface area (Å²) in [6, 6.07) is 1.63. The molecule has 0 saturated carbocycles. The third kappa shape index (κ3) is 6.09. The van der Waals surface area contributed by atoms with E-state index in [0.29, 0.717) is 12.1 Å². The average molecular weight is 399 g/mol. The van der Waals surface area contributed by atoms with Gasteiger partial charge in [-0.15, -0.1) is 5.54 Å². The van der Waals surface area contributed by atoms with E-state index in [1.807, 2.05) is 6.92 Å². The highest BCUT2D eigenvalue weighted by atomic mass is 32.3. The predicted molar refractivity (Wildman–Crippen MR) is 105 cm³/mol. The number of hydrogen-bond donors (Lipinski definition) is 1. The lowest BCUT2D eigenvalue weighted by Gasteiger charge is -2.28. The van der Waals surface area contributed by atoms with E-state index in [1.54, 1.807) is 13.0 Å². The Morgan fingerprint density at radius 1 is 1.23 bits per heavy atom. The summed E-state index contributed by atoms with van der Waals surface area (Å²) in [4.78, 5) is 2.28. The summed E-state index contributed by atoms with van der Waals surface area (Å²) >= 11 is 0. The molecule has 1 saturated heterocycles. The van der Waals surface area contributed by atoms with E-state index in [2.05, 4.69) is 45.5 Å². The fraction of sp³-hybridized carbons (Fsp3) is 0.556. The van der Waals surface area contributed by atoms with Crippen molar-refractivity contribution in [2.45, 2.75) is 40.0 Å². The first-order valence-corrected chi connectivity index (χ1v) is 13.5. The van der Waals surface area contributed by atoms with Crippen LogP contribution in [0.3, 0.4) is 0 Å². The minimum atomic E-state index is -5.09. The smallest absolute Gasteiger partial charge is 0.358 e. The topological polar surface area (TPSA) is 58.6 Å². The lowest BCUT2D eigenvalue weighted by Crippen LogP contribution is -2.43. The molecule has 1 aliphatic rings. The lowest BCUT2D eigenvalue weighted by molar-refractivity contribution is 0.232. The van der Waals surface area contributed by atoms with Gasteiger partial charge in [0.05, 0.1) is 0 Å². The van der Waals surface area contributed by atoms with Crippen molar-refractivity contribution in [2.24, 2.45) is 0 Å². The molecule has 1 fully saturated rings. The zero-order valence-electron chi connectivity index (χ0n) is 16.1. The van der Waals surface area contributed by atoms with Crippen molar-refractivity contribution in [1.82, 2.24) is 10.2 Å².